The summed E-state index contributed by atoms with van der Waals surface area (Å²) in [5, 5.41) is 3.19. The van der Waals surface area contributed by atoms with E-state index in [9.17, 15) is 22.4 Å². The first-order chi connectivity index (χ1) is 15.6. The van der Waals surface area contributed by atoms with Crippen LogP contribution in [-0.2, 0) is 14.8 Å². The van der Waals surface area contributed by atoms with Gasteiger partial charge >= 0.3 is 0 Å². The first-order valence-electron chi connectivity index (χ1n) is 10.4. The Morgan fingerprint density at radius 3 is 2.45 bits per heavy atom. The van der Waals surface area contributed by atoms with Crippen LogP contribution in [0.25, 0.3) is 10.9 Å². The van der Waals surface area contributed by atoms with Crippen LogP contribution in [0.1, 0.15) is 23.0 Å². The number of rotatable bonds is 4. The molecule has 0 unspecified atom stereocenters. The van der Waals surface area contributed by atoms with E-state index >= 15 is 0 Å². The van der Waals surface area contributed by atoms with Crippen molar-refractivity contribution in [3.8, 4) is 0 Å². The van der Waals surface area contributed by atoms with Crippen LogP contribution in [0.4, 0.5) is 10.1 Å². The largest absolute Gasteiger partial charge is 0.340 e. The maximum Gasteiger partial charge on any atom is 0.255 e. The molecule has 1 aliphatic rings. The minimum absolute atomic E-state index is 0.00626. The molecule has 172 valence electrons. The van der Waals surface area contributed by atoms with E-state index in [-0.39, 0.29) is 29.5 Å². The first-order valence-corrected chi connectivity index (χ1v) is 11.8. The Labute approximate surface area is 191 Å². The van der Waals surface area contributed by atoms with Gasteiger partial charge in [0.15, 0.2) is 0 Å². The maximum absolute atomic E-state index is 13.8. The van der Waals surface area contributed by atoms with Gasteiger partial charge in [0.05, 0.1) is 16.1 Å². The molecule has 33 heavy (non-hydrogen) atoms. The van der Waals surface area contributed by atoms with Crippen molar-refractivity contribution in [1.82, 2.24) is 14.2 Å². The van der Waals surface area contributed by atoms with Gasteiger partial charge < -0.3 is 10.2 Å². The number of anilines is 1. The standard InChI is InChI=1S/C23H23FN4O4S/c1-15-12-22(20-14-18(24)6-7-21(20)25-15)26-23(30)17-4-3-5-19(13-17)33(31,32)28-10-8-27(9-11-28)16(2)29/h3-7,12-14H,8-11H2,1-2H3,(H,25,26,30). The number of amides is 2. The molecule has 0 spiro atoms. The molecule has 1 saturated heterocycles. The van der Waals surface area contributed by atoms with E-state index in [0.717, 1.165) is 0 Å². The summed E-state index contributed by atoms with van der Waals surface area (Å²) in [6, 6.07) is 11.5. The molecule has 1 aromatic heterocycles. The summed E-state index contributed by atoms with van der Waals surface area (Å²) in [7, 11) is -3.83. The zero-order valence-corrected chi connectivity index (χ0v) is 19.0. The highest BCUT2D eigenvalue weighted by Crippen LogP contribution is 2.25. The molecule has 0 aliphatic carbocycles. The summed E-state index contributed by atoms with van der Waals surface area (Å²) in [5.41, 5.74) is 1.71. The zero-order chi connectivity index (χ0) is 23.8. The number of aryl methyl sites for hydroxylation is 1. The molecule has 0 saturated carbocycles. The van der Waals surface area contributed by atoms with Crippen molar-refractivity contribution in [3.63, 3.8) is 0 Å². The highest BCUT2D eigenvalue weighted by Gasteiger charge is 2.29. The molecule has 2 amide bonds. The fourth-order valence-electron chi connectivity index (χ4n) is 3.82. The Bertz CT molecular complexity index is 1350. The lowest BCUT2D eigenvalue weighted by molar-refractivity contribution is -0.129. The predicted octanol–water partition coefficient (Wildman–Crippen LogP) is 2.79. The van der Waals surface area contributed by atoms with Crippen LogP contribution in [0.3, 0.4) is 0 Å². The van der Waals surface area contributed by atoms with E-state index in [4.69, 9.17) is 0 Å². The first kappa shape index (κ1) is 22.8. The van der Waals surface area contributed by atoms with Crippen LogP contribution in [0.5, 0.6) is 0 Å². The van der Waals surface area contributed by atoms with E-state index in [0.29, 0.717) is 35.4 Å². The van der Waals surface area contributed by atoms with Gasteiger partial charge in [-0.1, -0.05) is 6.07 Å². The van der Waals surface area contributed by atoms with Gasteiger partial charge in [-0.25, -0.2) is 12.8 Å². The average Bonchev–Trinajstić information content (AvgIpc) is 2.79. The van der Waals surface area contributed by atoms with Crippen molar-refractivity contribution in [2.24, 2.45) is 0 Å². The Morgan fingerprint density at radius 1 is 1.03 bits per heavy atom. The van der Waals surface area contributed by atoms with Gasteiger partial charge in [-0.05, 0) is 49.4 Å². The number of nitrogens with one attached hydrogen (secondary N) is 1. The second-order valence-corrected chi connectivity index (χ2v) is 9.80. The van der Waals surface area contributed by atoms with Crippen LogP contribution < -0.4 is 5.32 Å². The summed E-state index contributed by atoms with van der Waals surface area (Å²) in [5.74, 6) is -1.07. The van der Waals surface area contributed by atoms with Crippen molar-refractivity contribution >= 4 is 38.4 Å². The molecule has 3 aromatic rings. The monoisotopic (exact) mass is 470 g/mol. The van der Waals surface area contributed by atoms with E-state index in [2.05, 4.69) is 10.3 Å². The third-order valence-electron chi connectivity index (χ3n) is 5.56. The third-order valence-corrected chi connectivity index (χ3v) is 7.46. The lowest BCUT2D eigenvalue weighted by atomic mass is 10.1. The molecule has 2 heterocycles. The van der Waals surface area contributed by atoms with Crippen molar-refractivity contribution in [1.29, 1.82) is 0 Å². The predicted molar refractivity (Wildman–Crippen MR) is 122 cm³/mol. The number of pyridine rings is 1. The summed E-state index contributed by atoms with van der Waals surface area (Å²) in [6.45, 7) is 4.23. The molecule has 1 aliphatic heterocycles. The second-order valence-electron chi connectivity index (χ2n) is 7.86. The fourth-order valence-corrected chi connectivity index (χ4v) is 5.29. The number of carbonyl (C=O) groups is 2. The summed E-state index contributed by atoms with van der Waals surface area (Å²) in [4.78, 5) is 30.4. The summed E-state index contributed by atoms with van der Waals surface area (Å²) >= 11 is 0. The smallest absolute Gasteiger partial charge is 0.255 e. The fraction of sp³-hybridized carbons (Fsp3) is 0.261. The number of piperazine rings is 1. The average molecular weight is 471 g/mol. The number of nitrogens with zero attached hydrogens (tertiary/aromatic N) is 3. The van der Waals surface area contributed by atoms with Crippen LogP contribution in [0.15, 0.2) is 53.4 Å². The molecule has 1 fully saturated rings. The SMILES string of the molecule is CC(=O)N1CCN(S(=O)(=O)c2cccc(C(=O)Nc3cc(C)nc4ccc(F)cc34)c2)CC1. The Morgan fingerprint density at radius 2 is 1.76 bits per heavy atom. The van der Waals surface area contributed by atoms with Gasteiger partial charge in [-0.3, -0.25) is 14.6 Å². The Balaban J connectivity index is 1.58. The van der Waals surface area contributed by atoms with Gasteiger partial charge in [0.2, 0.25) is 15.9 Å². The van der Waals surface area contributed by atoms with E-state index in [1.165, 1.54) is 53.7 Å². The molecule has 1 N–H and O–H groups in total. The summed E-state index contributed by atoms with van der Waals surface area (Å²) < 4.78 is 41.3. The molecule has 0 atom stereocenters. The lowest BCUT2D eigenvalue weighted by Crippen LogP contribution is -2.49. The zero-order valence-electron chi connectivity index (χ0n) is 18.2. The molecule has 2 aromatic carbocycles. The van der Waals surface area contributed by atoms with Crippen LogP contribution in [0.2, 0.25) is 0 Å². The minimum Gasteiger partial charge on any atom is -0.340 e. The van der Waals surface area contributed by atoms with Crippen molar-refractivity contribution < 1.29 is 22.4 Å². The highest BCUT2D eigenvalue weighted by atomic mass is 32.2. The van der Waals surface area contributed by atoms with E-state index in [1.807, 2.05) is 0 Å². The van der Waals surface area contributed by atoms with Crippen molar-refractivity contribution in [3.05, 3.63) is 65.6 Å². The Kier molecular flexibility index (Phi) is 6.13. The maximum atomic E-state index is 13.8. The third kappa shape index (κ3) is 4.71. The quantitative estimate of drug-likeness (QED) is 0.632. The van der Waals surface area contributed by atoms with E-state index in [1.54, 1.807) is 17.9 Å². The van der Waals surface area contributed by atoms with Gasteiger partial charge in [0.1, 0.15) is 5.82 Å². The normalized spacial score (nSPS) is 14.9. The highest BCUT2D eigenvalue weighted by molar-refractivity contribution is 7.89. The van der Waals surface area contributed by atoms with E-state index < -0.39 is 21.7 Å². The lowest BCUT2D eigenvalue weighted by Gasteiger charge is -2.33. The summed E-state index contributed by atoms with van der Waals surface area (Å²) in [6.07, 6.45) is 0. The topological polar surface area (TPSA) is 99.7 Å². The van der Waals surface area contributed by atoms with Gasteiger partial charge in [-0.2, -0.15) is 4.31 Å². The molecular weight excluding hydrogens is 447 g/mol. The second kappa shape index (κ2) is 8.87. The molecule has 0 radical (unpaired) electrons. The number of aromatic nitrogens is 1. The van der Waals surface area contributed by atoms with Crippen molar-refractivity contribution in [2.45, 2.75) is 18.7 Å². The van der Waals surface area contributed by atoms with Crippen LogP contribution in [-0.4, -0.2) is 60.6 Å². The number of sulfonamides is 1. The molecule has 8 nitrogen and oxygen atoms in total. The number of hydrogen-bond acceptors (Lipinski definition) is 5. The van der Waals surface area contributed by atoms with Gasteiger partial charge in [0, 0.05) is 49.7 Å². The van der Waals surface area contributed by atoms with Crippen LogP contribution in [0, 0.1) is 12.7 Å². The number of benzene rings is 2. The Hall–Kier alpha value is -3.37. The number of carbonyl (C=O) groups excluding carboxylic acids is 2. The molecule has 10 heteroatoms. The van der Waals surface area contributed by atoms with Gasteiger partial charge in [-0.15, -0.1) is 0 Å². The number of halogens is 1. The molecule has 4 rings (SSSR count). The van der Waals surface area contributed by atoms with Gasteiger partial charge in [0.25, 0.3) is 5.91 Å². The van der Waals surface area contributed by atoms with Crippen molar-refractivity contribution in [2.75, 3.05) is 31.5 Å². The molecular formula is C23H23FN4O4S. The number of fused-ring (bicyclic) bond motifs is 1. The van der Waals surface area contributed by atoms with Crippen LogP contribution >= 0.6 is 0 Å². The minimum atomic E-state index is -3.83. The molecule has 0 bridgehead atoms. The number of hydrogen-bond donors (Lipinski definition) is 1.